The molecule has 0 saturated heterocycles. The molecular formula is C17H14N2O4. The molecule has 2 aromatic heterocycles. The van der Waals surface area contributed by atoms with Crippen LogP contribution >= 0.6 is 0 Å². The lowest BCUT2D eigenvalue weighted by Crippen LogP contribution is -2.21. The quantitative estimate of drug-likeness (QED) is 0.749. The fraction of sp³-hybridized carbons (Fsp3) is 0.118. The molecule has 0 amide bonds. The molecule has 0 saturated carbocycles. The van der Waals surface area contributed by atoms with Gasteiger partial charge in [0.15, 0.2) is 0 Å². The highest BCUT2D eigenvalue weighted by Gasteiger charge is 2.27. The number of methoxy groups -OCH3 is 1. The lowest BCUT2D eigenvalue weighted by Gasteiger charge is -2.16. The number of carbonyl (C=O) groups excluding carboxylic acids is 2. The van der Waals surface area contributed by atoms with Gasteiger partial charge in [-0.15, -0.1) is 0 Å². The van der Waals surface area contributed by atoms with Crippen molar-refractivity contribution in [2.75, 3.05) is 7.11 Å². The van der Waals surface area contributed by atoms with Crippen molar-refractivity contribution < 1.29 is 19.1 Å². The summed E-state index contributed by atoms with van der Waals surface area (Å²) in [4.78, 5) is 31.5. The summed E-state index contributed by atoms with van der Waals surface area (Å²) in [7, 11) is 1.25. The van der Waals surface area contributed by atoms with Crippen LogP contribution in [-0.2, 0) is 14.3 Å². The van der Waals surface area contributed by atoms with Crippen molar-refractivity contribution in [2.45, 2.75) is 6.10 Å². The zero-order chi connectivity index (χ0) is 16.2. The number of H-pyrrole nitrogens is 1. The minimum Gasteiger partial charge on any atom is -0.466 e. The number of esters is 2. The summed E-state index contributed by atoms with van der Waals surface area (Å²) < 4.78 is 10.1. The molecule has 1 aromatic carbocycles. The molecule has 1 N–H and O–H groups in total. The SMILES string of the molecule is COC(=O)C(OC(=O)c1ccnc2[nH]ccc12)c1ccccc1. The van der Waals surface area contributed by atoms with Crippen LogP contribution in [0.4, 0.5) is 0 Å². The van der Waals surface area contributed by atoms with Crippen molar-refractivity contribution in [2.24, 2.45) is 0 Å². The molecule has 6 nitrogen and oxygen atoms in total. The number of hydrogen-bond donors (Lipinski definition) is 1. The fourth-order valence-electron chi connectivity index (χ4n) is 2.30. The second-order valence-corrected chi connectivity index (χ2v) is 4.82. The molecule has 23 heavy (non-hydrogen) atoms. The number of nitrogens with one attached hydrogen (secondary N) is 1. The monoisotopic (exact) mass is 310 g/mol. The highest BCUT2D eigenvalue weighted by atomic mass is 16.6. The van der Waals surface area contributed by atoms with E-state index in [0.717, 1.165) is 0 Å². The molecule has 116 valence electrons. The number of fused-ring (bicyclic) bond motifs is 1. The first kappa shape index (κ1) is 14.8. The van der Waals surface area contributed by atoms with E-state index in [1.807, 2.05) is 6.07 Å². The Morgan fingerprint density at radius 2 is 1.91 bits per heavy atom. The van der Waals surface area contributed by atoms with E-state index in [2.05, 4.69) is 9.97 Å². The van der Waals surface area contributed by atoms with Crippen LogP contribution in [-0.4, -0.2) is 29.0 Å². The molecule has 0 spiro atoms. The molecule has 6 heteroatoms. The van der Waals surface area contributed by atoms with Crippen molar-refractivity contribution in [3.05, 3.63) is 66.0 Å². The minimum atomic E-state index is -1.11. The van der Waals surface area contributed by atoms with Crippen molar-refractivity contribution >= 4 is 23.0 Å². The number of nitrogens with zero attached hydrogens (tertiary/aromatic N) is 1. The first-order valence-electron chi connectivity index (χ1n) is 6.96. The standard InChI is InChI=1S/C17H14N2O4/c1-22-17(21)14(11-5-3-2-4-6-11)23-16(20)13-8-10-19-15-12(13)7-9-18-15/h2-10,14H,1H3,(H,18,19). The van der Waals surface area contributed by atoms with Crippen molar-refractivity contribution in [1.29, 1.82) is 0 Å². The molecule has 0 aliphatic heterocycles. The third kappa shape index (κ3) is 2.91. The van der Waals surface area contributed by atoms with Gasteiger partial charge in [0, 0.05) is 23.3 Å². The third-order valence-electron chi connectivity index (χ3n) is 3.42. The number of carbonyl (C=O) groups is 2. The first-order chi connectivity index (χ1) is 11.2. The lowest BCUT2D eigenvalue weighted by molar-refractivity contribution is -0.151. The van der Waals surface area contributed by atoms with Crippen LogP contribution in [0.1, 0.15) is 22.0 Å². The zero-order valence-corrected chi connectivity index (χ0v) is 12.4. The van der Waals surface area contributed by atoms with Gasteiger partial charge in [0.05, 0.1) is 12.7 Å². The van der Waals surface area contributed by atoms with E-state index in [1.165, 1.54) is 13.3 Å². The van der Waals surface area contributed by atoms with Crippen LogP contribution in [0.15, 0.2) is 54.9 Å². The lowest BCUT2D eigenvalue weighted by atomic mass is 10.1. The molecule has 0 radical (unpaired) electrons. The largest absolute Gasteiger partial charge is 0.466 e. The molecule has 0 aliphatic carbocycles. The Balaban J connectivity index is 1.92. The Morgan fingerprint density at radius 3 is 2.65 bits per heavy atom. The van der Waals surface area contributed by atoms with Crippen LogP contribution in [0.3, 0.4) is 0 Å². The average molecular weight is 310 g/mol. The number of aromatic amines is 1. The maximum absolute atomic E-state index is 12.5. The Morgan fingerprint density at radius 1 is 1.13 bits per heavy atom. The van der Waals surface area contributed by atoms with E-state index in [1.54, 1.807) is 42.6 Å². The highest BCUT2D eigenvalue weighted by molar-refractivity contribution is 6.03. The summed E-state index contributed by atoms with van der Waals surface area (Å²) in [6.07, 6.45) is 2.07. The average Bonchev–Trinajstić information content (AvgIpc) is 3.08. The van der Waals surface area contributed by atoms with Crippen molar-refractivity contribution in [3.63, 3.8) is 0 Å². The zero-order valence-electron chi connectivity index (χ0n) is 12.4. The molecule has 3 aromatic rings. The Kier molecular flexibility index (Phi) is 4.05. The van der Waals surface area contributed by atoms with Crippen LogP contribution in [0.5, 0.6) is 0 Å². The van der Waals surface area contributed by atoms with Gasteiger partial charge in [-0.2, -0.15) is 0 Å². The van der Waals surface area contributed by atoms with E-state index in [0.29, 0.717) is 22.2 Å². The van der Waals surface area contributed by atoms with Crippen LogP contribution < -0.4 is 0 Å². The molecule has 2 heterocycles. The smallest absolute Gasteiger partial charge is 0.351 e. The van der Waals surface area contributed by atoms with Gasteiger partial charge in [0.1, 0.15) is 5.65 Å². The summed E-state index contributed by atoms with van der Waals surface area (Å²) in [5.74, 6) is -1.25. The Hall–Kier alpha value is -3.15. The van der Waals surface area contributed by atoms with E-state index in [-0.39, 0.29) is 0 Å². The van der Waals surface area contributed by atoms with Gasteiger partial charge < -0.3 is 14.5 Å². The molecule has 3 rings (SSSR count). The third-order valence-corrected chi connectivity index (χ3v) is 3.42. The maximum Gasteiger partial charge on any atom is 0.351 e. The summed E-state index contributed by atoms with van der Waals surface area (Å²) in [5.41, 5.74) is 1.46. The van der Waals surface area contributed by atoms with E-state index in [9.17, 15) is 9.59 Å². The highest BCUT2D eigenvalue weighted by Crippen LogP contribution is 2.23. The molecule has 0 fully saturated rings. The minimum absolute atomic E-state index is 0.334. The van der Waals surface area contributed by atoms with Crippen LogP contribution in [0.25, 0.3) is 11.0 Å². The van der Waals surface area contributed by atoms with Crippen molar-refractivity contribution in [1.82, 2.24) is 9.97 Å². The summed E-state index contributed by atoms with van der Waals surface area (Å²) >= 11 is 0. The van der Waals surface area contributed by atoms with E-state index >= 15 is 0 Å². The first-order valence-corrected chi connectivity index (χ1v) is 6.96. The summed E-state index contributed by atoms with van der Waals surface area (Å²) in [6.45, 7) is 0. The summed E-state index contributed by atoms with van der Waals surface area (Å²) in [6, 6.07) is 12.0. The molecule has 1 atom stereocenters. The molecule has 0 aliphatic rings. The predicted molar refractivity (Wildman–Crippen MR) is 82.7 cm³/mol. The predicted octanol–water partition coefficient (Wildman–Crippen LogP) is 2.63. The Labute approximate surface area is 132 Å². The van der Waals surface area contributed by atoms with E-state index in [4.69, 9.17) is 9.47 Å². The number of pyridine rings is 1. The van der Waals surface area contributed by atoms with E-state index < -0.39 is 18.0 Å². The number of benzene rings is 1. The fourth-order valence-corrected chi connectivity index (χ4v) is 2.30. The maximum atomic E-state index is 12.5. The van der Waals surface area contributed by atoms with Crippen LogP contribution in [0.2, 0.25) is 0 Å². The normalized spacial score (nSPS) is 11.9. The number of ether oxygens (including phenoxy) is 2. The van der Waals surface area contributed by atoms with Crippen molar-refractivity contribution in [3.8, 4) is 0 Å². The topological polar surface area (TPSA) is 81.3 Å². The molecule has 1 unspecified atom stereocenters. The number of hydrogen-bond acceptors (Lipinski definition) is 5. The van der Waals surface area contributed by atoms with Gasteiger partial charge in [0.2, 0.25) is 6.10 Å². The van der Waals surface area contributed by atoms with Gasteiger partial charge in [-0.3, -0.25) is 0 Å². The number of aromatic nitrogens is 2. The van der Waals surface area contributed by atoms with Crippen LogP contribution in [0, 0.1) is 0 Å². The molecular weight excluding hydrogens is 296 g/mol. The van der Waals surface area contributed by atoms with Gasteiger partial charge in [-0.05, 0) is 12.1 Å². The Bertz CT molecular complexity index is 842. The number of rotatable bonds is 4. The van der Waals surface area contributed by atoms with Gasteiger partial charge in [-0.25, -0.2) is 14.6 Å². The second-order valence-electron chi connectivity index (χ2n) is 4.82. The molecule has 0 bridgehead atoms. The summed E-state index contributed by atoms with van der Waals surface area (Å²) in [5, 5.41) is 0.633. The van der Waals surface area contributed by atoms with Gasteiger partial charge in [0.25, 0.3) is 0 Å². The van der Waals surface area contributed by atoms with Gasteiger partial charge >= 0.3 is 11.9 Å². The van der Waals surface area contributed by atoms with Gasteiger partial charge in [-0.1, -0.05) is 30.3 Å². The second kappa shape index (κ2) is 6.31.